The molecule has 20 heavy (non-hydrogen) atoms. The lowest BCUT2D eigenvalue weighted by Crippen LogP contribution is -2.15. The normalized spacial score (nSPS) is 12.1. The number of nitrogens with zero attached hydrogens (tertiary/aromatic N) is 3. The molecule has 0 atom stereocenters. The molecule has 2 heterocycles. The first kappa shape index (κ1) is 14.5. The summed E-state index contributed by atoms with van der Waals surface area (Å²) in [5.41, 5.74) is 0.826. The van der Waals surface area contributed by atoms with Crippen LogP contribution < -0.4 is 4.72 Å². The molecule has 0 saturated heterocycles. The Hall–Kier alpha value is -1.87. The molecule has 2 aromatic heterocycles. The number of H-pyrrole nitrogens is 1. The SMILES string of the molecule is Cc1[nH]nc(CO)c1S(=O)(=O)Nc1cnn(C(C)C)c1. The minimum atomic E-state index is -3.81. The topological polar surface area (TPSA) is 113 Å². The number of hydrogen-bond donors (Lipinski definition) is 3. The van der Waals surface area contributed by atoms with E-state index in [1.165, 1.54) is 6.20 Å². The number of anilines is 1. The molecular formula is C11H17N5O3S. The molecule has 0 amide bonds. The van der Waals surface area contributed by atoms with Gasteiger partial charge in [0.15, 0.2) is 0 Å². The fourth-order valence-electron chi connectivity index (χ4n) is 1.81. The van der Waals surface area contributed by atoms with Gasteiger partial charge in [0.1, 0.15) is 10.6 Å². The zero-order chi connectivity index (χ0) is 14.9. The van der Waals surface area contributed by atoms with E-state index < -0.39 is 16.6 Å². The maximum Gasteiger partial charge on any atom is 0.265 e. The molecular weight excluding hydrogens is 282 g/mol. The zero-order valence-electron chi connectivity index (χ0n) is 11.5. The van der Waals surface area contributed by atoms with Crippen molar-refractivity contribution in [2.75, 3.05) is 4.72 Å². The molecule has 110 valence electrons. The number of hydrogen-bond acceptors (Lipinski definition) is 5. The summed E-state index contributed by atoms with van der Waals surface area (Å²) < 4.78 is 28.7. The Morgan fingerprint density at radius 2 is 2.20 bits per heavy atom. The van der Waals surface area contributed by atoms with E-state index in [2.05, 4.69) is 20.0 Å². The van der Waals surface area contributed by atoms with Crippen molar-refractivity contribution in [3.05, 3.63) is 23.8 Å². The number of aryl methyl sites for hydroxylation is 1. The highest BCUT2D eigenvalue weighted by Gasteiger charge is 2.24. The second kappa shape index (κ2) is 5.25. The fraction of sp³-hybridized carbons (Fsp3) is 0.455. The summed E-state index contributed by atoms with van der Waals surface area (Å²) in [6.45, 7) is 5.01. The van der Waals surface area contributed by atoms with Gasteiger partial charge in [0, 0.05) is 12.2 Å². The van der Waals surface area contributed by atoms with E-state index in [1.54, 1.807) is 17.8 Å². The van der Waals surface area contributed by atoms with Gasteiger partial charge in [0.05, 0.1) is 24.2 Å². The highest BCUT2D eigenvalue weighted by Crippen LogP contribution is 2.21. The van der Waals surface area contributed by atoms with Crippen LogP contribution in [0.2, 0.25) is 0 Å². The average molecular weight is 299 g/mol. The highest BCUT2D eigenvalue weighted by atomic mass is 32.2. The molecule has 0 unspecified atom stereocenters. The van der Waals surface area contributed by atoms with E-state index in [1.807, 2.05) is 13.8 Å². The van der Waals surface area contributed by atoms with Crippen molar-refractivity contribution in [2.45, 2.75) is 38.3 Å². The Morgan fingerprint density at radius 1 is 1.50 bits per heavy atom. The van der Waals surface area contributed by atoms with Crippen LogP contribution in [0.1, 0.15) is 31.3 Å². The standard InChI is InChI=1S/C11H17N5O3S/c1-7(2)16-5-9(4-12-16)15-20(18,19)11-8(3)13-14-10(11)6-17/h4-5,7,15,17H,6H2,1-3H3,(H,13,14). The number of sulfonamides is 1. The quantitative estimate of drug-likeness (QED) is 0.755. The van der Waals surface area contributed by atoms with E-state index in [-0.39, 0.29) is 16.6 Å². The van der Waals surface area contributed by atoms with Gasteiger partial charge in [0.2, 0.25) is 0 Å². The Morgan fingerprint density at radius 3 is 2.75 bits per heavy atom. The number of aliphatic hydroxyl groups is 1. The van der Waals surface area contributed by atoms with Gasteiger partial charge in [-0.25, -0.2) is 8.42 Å². The number of rotatable bonds is 5. The molecule has 0 aliphatic heterocycles. The average Bonchev–Trinajstić information content (AvgIpc) is 2.95. The first-order chi connectivity index (χ1) is 9.35. The Balaban J connectivity index is 2.33. The minimum absolute atomic E-state index is 0.0303. The van der Waals surface area contributed by atoms with Gasteiger partial charge < -0.3 is 5.11 Å². The minimum Gasteiger partial charge on any atom is -0.390 e. The molecule has 8 nitrogen and oxygen atoms in total. The lowest BCUT2D eigenvalue weighted by molar-refractivity contribution is 0.273. The summed E-state index contributed by atoms with van der Waals surface area (Å²) in [7, 11) is -3.81. The maximum atomic E-state index is 12.3. The van der Waals surface area contributed by atoms with Crippen molar-refractivity contribution >= 4 is 15.7 Å². The molecule has 0 saturated carbocycles. The number of aromatic nitrogens is 4. The third kappa shape index (κ3) is 2.68. The van der Waals surface area contributed by atoms with Crippen LogP contribution >= 0.6 is 0 Å². The van der Waals surface area contributed by atoms with Gasteiger partial charge in [-0.3, -0.25) is 14.5 Å². The Labute approximate surface area is 116 Å². The van der Waals surface area contributed by atoms with Crippen LogP contribution in [-0.4, -0.2) is 33.5 Å². The molecule has 0 fully saturated rings. The van der Waals surface area contributed by atoms with Crippen molar-refractivity contribution in [1.29, 1.82) is 0 Å². The largest absolute Gasteiger partial charge is 0.390 e. The van der Waals surface area contributed by atoms with Crippen LogP contribution in [0.3, 0.4) is 0 Å². The third-order valence-electron chi connectivity index (χ3n) is 2.76. The van der Waals surface area contributed by atoms with Gasteiger partial charge in [0.25, 0.3) is 10.0 Å². The summed E-state index contributed by atoms with van der Waals surface area (Å²) in [4.78, 5) is -0.0303. The van der Waals surface area contributed by atoms with Gasteiger partial charge in [-0.2, -0.15) is 10.2 Å². The van der Waals surface area contributed by atoms with Crippen LogP contribution in [0, 0.1) is 6.92 Å². The van der Waals surface area contributed by atoms with Crippen LogP contribution in [0.4, 0.5) is 5.69 Å². The van der Waals surface area contributed by atoms with Crippen LogP contribution in [0.15, 0.2) is 17.3 Å². The zero-order valence-corrected chi connectivity index (χ0v) is 12.3. The van der Waals surface area contributed by atoms with E-state index in [0.717, 1.165) is 0 Å². The maximum absolute atomic E-state index is 12.3. The van der Waals surface area contributed by atoms with Crippen LogP contribution in [-0.2, 0) is 16.6 Å². The van der Waals surface area contributed by atoms with Crippen molar-refractivity contribution in [1.82, 2.24) is 20.0 Å². The second-order valence-electron chi connectivity index (χ2n) is 4.69. The summed E-state index contributed by atoms with van der Waals surface area (Å²) >= 11 is 0. The van der Waals surface area contributed by atoms with E-state index in [4.69, 9.17) is 5.11 Å². The summed E-state index contributed by atoms with van der Waals surface area (Å²) in [6.07, 6.45) is 3.04. The van der Waals surface area contributed by atoms with Gasteiger partial charge in [-0.05, 0) is 20.8 Å². The lowest BCUT2D eigenvalue weighted by Gasteiger charge is -2.07. The predicted octanol–water partition coefficient (Wildman–Crippen LogP) is 0.789. The molecule has 0 aliphatic carbocycles. The monoisotopic (exact) mass is 299 g/mol. The number of aliphatic hydroxyl groups excluding tert-OH is 1. The second-order valence-corrected chi connectivity index (χ2v) is 6.31. The molecule has 3 N–H and O–H groups in total. The molecule has 0 radical (unpaired) electrons. The van der Waals surface area contributed by atoms with Crippen molar-refractivity contribution in [3.63, 3.8) is 0 Å². The van der Waals surface area contributed by atoms with Crippen LogP contribution in [0.25, 0.3) is 0 Å². The van der Waals surface area contributed by atoms with E-state index >= 15 is 0 Å². The Bertz CT molecular complexity index is 701. The van der Waals surface area contributed by atoms with E-state index in [9.17, 15) is 8.42 Å². The van der Waals surface area contributed by atoms with Crippen molar-refractivity contribution < 1.29 is 13.5 Å². The summed E-state index contributed by atoms with van der Waals surface area (Å²) in [5, 5.41) is 19.5. The first-order valence-corrected chi connectivity index (χ1v) is 7.55. The van der Waals surface area contributed by atoms with Crippen molar-refractivity contribution in [3.8, 4) is 0 Å². The fourth-order valence-corrected chi connectivity index (χ4v) is 3.20. The smallest absolute Gasteiger partial charge is 0.265 e. The summed E-state index contributed by atoms with van der Waals surface area (Å²) in [5.74, 6) is 0. The van der Waals surface area contributed by atoms with Crippen molar-refractivity contribution in [2.24, 2.45) is 0 Å². The molecule has 0 aromatic carbocycles. The first-order valence-electron chi connectivity index (χ1n) is 6.07. The third-order valence-corrected chi connectivity index (χ3v) is 4.35. The molecule has 9 heteroatoms. The molecule has 0 bridgehead atoms. The number of nitrogens with one attached hydrogen (secondary N) is 2. The Kier molecular flexibility index (Phi) is 3.82. The number of aromatic amines is 1. The molecule has 2 rings (SSSR count). The molecule has 2 aromatic rings. The lowest BCUT2D eigenvalue weighted by atomic mass is 10.4. The van der Waals surface area contributed by atoms with Gasteiger partial charge >= 0.3 is 0 Å². The molecule has 0 aliphatic rings. The van der Waals surface area contributed by atoms with Crippen LogP contribution in [0.5, 0.6) is 0 Å². The summed E-state index contributed by atoms with van der Waals surface area (Å²) in [6, 6.07) is 0.136. The predicted molar refractivity (Wildman–Crippen MR) is 72.7 cm³/mol. The van der Waals surface area contributed by atoms with Gasteiger partial charge in [-0.1, -0.05) is 0 Å². The molecule has 0 spiro atoms. The highest BCUT2D eigenvalue weighted by molar-refractivity contribution is 7.92. The van der Waals surface area contributed by atoms with Gasteiger partial charge in [-0.15, -0.1) is 0 Å². The van der Waals surface area contributed by atoms with E-state index in [0.29, 0.717) is 11.4 Å².